The van der Waals surface area contributed by atoms with Gasteiger partial charge in [0.1, 0.15) is 0 Å². The number of carbonyl (C=O) groups is 2. The first-order valence-electron chi connectivity index (χ1n) is 7.43. The molecule has 0 saturated carbocycles. The Morgan fingerprint density at radius 1 is 1.24 bits per heavy atom. The molecule has 1 unspecified atom stereocenters. The van der Waals surface area contributed by atoms with Crippen LogP contribution in [-0.4, -0.2) is 35.8 Å². The highest BCUT2D eigenvalue weighted by atomic mass is 16.2. The van der Waals surface area contributed by atoms with Crippen molar-refractivity contribution in [1.29, 1.82) is 0 Å². The number of nitrogens with one attached hydrogen (secondary N) is 1. The van der Waals surface area contributed by atoms with Crippen LogP contribution in [0.5, 0.6) is 0 Å². The lowest BCUT2D eigenvalue weighted by Gasteiger charge is -2.21. The van der Waals surface area contributed by atoms with E-state index in [-0.39, 0.29) is 18.4 Å². The van der Waals surface area contributed by atoms with E-state index in [9.17, 15) is 9.59 Å². The number of rotatable bonds is 8. The summed E-state index contributed by atoms with van der Waals surface area (Å²) in [6.45, 7) is 5.04. The molecule has 21 heavy (non-hydrogen) atoms. The molecule has 5 heteroatoms. The maximum atomic E-state index is 12.1. The average Bonchev–Trinajstić information content (AvgIpc) is 2.51. The van der Waals surface area contributed by atoms with Crippen LogP contribution in [0.15, 0.2) is 30.3 Å². The second-order valence-electron chi connectivity index (χ2n) is 5.01. The fraction of sp³-hybridized carbons (Fsp3) is 0.500. The van der Waals surface area contributed by atoms with Gasteiger partial charge in [-0.05, 0) is 18.9 Å². The van der Waals surface area contributed by atoms with Crippen LogP contribution in [0.2, 0.25) is 0 Å². The number of likely N-dealkylation sites (N-methyl/N-ethyl adjacent to an activating group) is 1. The van der Waals surface area contributed by atoms with Gasteiger partial charge in [-0.25, -0.2) is 0 Å². The van der Waals surface area contributed by atoms with E-state index in [1.165, 1.54) is 0 Å². The quantitative estimate of drug-likeness (QED) is 0.757. The Labute approximate surface area is 126 Å². The van der Waals surface area contributed by atoms with E-state index < -0.39 is 6.04 Å². The molecule has 1 atom stereocenters. The van der Waals surface area contributed by atoms with E-state index >= 15 is 0 Å². The van der Waals surface area contributed by atoms with Crippen LogP contribution < -0.4 is 11.1 Å². The normalized spacial score (nSPS) is 11.8. The van der Waals surface area contributed by atoms with Gasteiger partial charge in [0, 0.05) is 13.1 Å². The minimum Gasteiger partial charge on any atom is -0.346 e. The maximum absolute atomic E-state index is 12.1. The Balaban J connectivity index is 2.46. The lowest BCUT2D eigenvalue weighted by molar-refractivity contribution is -0.133. The summed E-state index contributed by atoms with van der Waals surface area (Å²) < 4.78 is 0. The van der Waals surface area contributed by atoms with Crippen LogP contribution in [0.25, 0.3) is 0 Å². The number of carbonyl (C=O) groups excluding carboxylic acids is 2. The first kappa shape index (κ1) is 17.2. The van der Waals surface area contributed by atoms with Crippen molar-refractivity contribution >= 4 is 11.8 Å². The number of amides is 2. The predicted molar refractivity (Wildman–Crippen MR) is 83.4 cm³/mol. The van der Waals surface area contributed by atoms with Crippen LogP contribution in [0, 0.1) is 0 Å². The third-order valence-corrected chi connectivity index (χ3v) is 3.30. The highest BCUT2D eigenvalue weighted by molar-refractivity contribution is 5.87. The molecule has 0 bridgehead atoms. The van der Waals surface area contributed by atoms with E-state index in [0.717, 1.165) is 12.0 Å². The summed E-state index contributed by atoms with van der Waals surface area (Å²) in [5.41, 5.74) is 6.78. The third-order valence-electron chi connectivity index (χ3n) is 3.30. The lowest BCUT2D eigenvalue weighted by Crippen LogP contribution is -2.45. The second-order valence-corrected chi connectivity index (χ2v) is 5.01. The van der Waals surface area contributed by atoms with Crippen molar-refractivity contribution in [3.8, 4) is 0 Å². The van der Waals surface area contributed by atoms with Gasteiger partial charge in [-0.15, -0.1) is 0 Å². The van der Waals surface area contributed by atoms with Crippen LogP contribution in [-0.2, 0) is 16.1 Å². The number of hydrogen-bond donors (Lipinski definition) is 2. The first-order chi connectivity index (χ1) is 10.1. The van der Waals surface area contributed by atoms with Crippen LogP contribution in [0.1, 0.15) is 32.3 Å². The van der Waals surface area contributed by atoms with Crippen LogP contribution in [0.4, 0.5) is 0 Å². The van der Waals surface area contributed by atoms with Crippen LogP contribution >= 0.6 is 0 Å². The van der Waals surface area contributed by atoms with Crippen molar-refractivity contribution in [2.75, 3.05) is 13.1 Å². The summed E-state index contributed by atoms with van der Waals surface area (Å²) in [6.07, 6.45) is 1.47. The maximum Gasteiger partial charge on any atom is 0.242 e. The summed E-state index contributed by atoms with van der Waals surface area (Å²) in [6, 6.07) is 9.25. The molecule has 116 valence electrons. The van der Waals surface area contributed by atoms with Gasteiger partial charge in [-0.2, -0.15) is 0 Å². The Morgan fingerprint density at radius 2 is 1.90 bits per heavy atom. The molecule has 1 aromatic carbocycles. The Kier molecular flexibility index (Phi) is 7.46. The molecule has 2 amide bonds. The summed E-state index contributed by atoms with van der Waals surface area (Å²) in [5.74, 6) is -0.362. The molecule has 0 aromatic heterocycles. The SMILES string of the molecule is CCCC(N)C(=O)NCC(=O)N(CC)Cc1ccccc1. The fourth-order valence-corrected chi connectivity index (χ4v) is 2.03. The molecule has 0 heterocycles. The highest BCUT2D eigenvalue weighted by Gasteiger charge is 2.16. The molecule has 1 aromatic rings. The van der Waals surface area contributed by atoms with Crippen molar-refractivity contribution in [3.63, 3.8) is 0 Å². The van der Waals surface area contributed by atoms with Crippen molar-refractivity contribution in [2.24, 2.45) is 5.73 Å². The summed E-state index contributed by atoms with van der Waals surface area (Å²) in [7, 11) is 0. The molecule has 0 saturated heterocycles. The molecule has 0 aliphatic rings. The second kappa shape index (κ2) is 9.13. The van der Waals surface area contributed by atoms with Crippen molar-refractivity contribution < 1.29 is 9.59 Å². The topological polar surface area (TPSA) is 75.4 Å². The molecule has 0 spiro atoms. The zero-order chi connectivity index (χ0) is 15.7. The van der Waals surface area contributed by atoms with Crippen molar-refractivity contribution in [3.05, 3.63) is 35.9 Å². The number of hydrogen-bond acceptors (Lipinski definition) is 3. The summed E-state index contributed by atoms with van der Waals surface area (Å²) in [5, 5.41) is 2.61. The number of nitrogens with two attached hydrogens (primary N) is 1. The van der Waals surface area contributed by atoms with Crippen molar-refractivity contribution in [1.82, 2.24) is 10.2 Å². The van der Waals surface area contributed by atoms with E-state index in [2.05, 4.69) is 5.32 Å². The summed E-state index contributed by atoms with van der Waals surface area (Å²) in [4.78, 5) is 25.5. The third kappa shape index (κ3) is 5.95. The van der Waals surface area contributed by atoms with E-state index in [0.29, 0.717) is 19.5 Å². The number of nitrogens with zero attached hydrogens (tertiary/aromatic N) is 1. The Hall–Kier alpha value is -1.88. The largest absolute Gasteiger partial charge is 0.346 e. The van der Waals surface area contributed by atoms with Crippen molar-refractivity contribution in [2.45, 2.75) is 39.3 Å². The van der Waals surface area contributed by atoms with Gasteiger partial charge in [0.05, 0.1) is 12.6 Å². The minimum atomic E-state index is -0.535. The Morgan fingerprint density at radius 3 is 2.48 bits per heavy atom. The van der Waals surface area contributed by atoms with Gasteiger partial charge >= 0.3 is 0 Å². The minimum absolute atomic E-state index is 0.00305. The monoisotopic (exact) mass is 291 g/mol. The van der Waals surface area contributed by atoms with Gasteiger partial charge in [-0.1, -0.05) is 43.7 Å². The van der Waals surface area contributed by atoms with E-state index in [1.807, 2.05) is 44.2 Å². The fourth-order valence-electron chi connectivity index (χ4n) is 2.03. The highest BCUT2D eigenvalue weighted by Crippen LogP contribution is 2.04. The zero-order valence-corrected chi connectivity index (χ0v) is 12.8. The van der Waals surface area contributed by atoms with Crippen LogP contribution in [0.3, 0.4) is 0 Å². The predicted octanol–water partition coefficient (Wildman–Crippen LogP) is 1.28. The molecule has 5 nitrogen and oxygen atoms in total. The molecular weight excluding hydrogens is 266 g/mol. The molecular formula is C16H25N3O2. The molecule has 3 N–H and O–H groups in total. The smallest absolute Gasteiger partial charge is 0.242 e. The molecule has 1 rings (SSSR count). The standard InChI is InChI=1S/C16H25N3O2/c1-3-8-14(17)16(21)18-11-15(20)19(4-2)12-13-9-6-5-7-10-13/h5-7,9-10,14H,3-4,8,11-12,17H2,1-2H3,(H,18,21). The average molecular weight is 291 g/mol. The molecule has 0 fully saturated rings. The molecule has 0 radical (unpaired) electrons. The summed E-state index contributed by atoms with van der Waals surface area (Å²) >= 11 is 0. The lowest BCUT2D eigenvalue weighted by atomic mass is 10.1. The van der Waals surface area contributed by atoms with E-state index in [1.54, 1.807) is 4.90 Å². The molecule has 0 aliphatic carbocycles. The number of benzene rings is 1. The van der Waals surface area contributed by atoms with Gasteiger partial charge in [-0.3, -0.25) is 9.59 Å². The van der Waals surface area contributed by atoms with Gasteiger partial charge in [0.15, 0.2) is 0 Å². The van der Waals surface area contributed by atoms with Gasteiger partial charge in [0.2, 0.25) is 11.8 Å². The first-order valence-corrected chi connectivity index (χ1v) is 7.43. The van der Waals surface area contributed by atoms with E-state index in [4.69, 9.17) is 5.73 Å². The van der Waals surface area contributed by atoms with Gasteiger partial charge in [0.25, 0.3) is 0 Å². The van der Waals surface area contributed by atoms with Gasteiger partial charge < -0.3 is 16.0 Å². The Bertz CT molecular complexity index is 448. The molecule has 0 aliphatic heterocycles. The zero-order valence-electron chi connectivity index (χ0n) is 12.8.